The van der Waals surface area contributed by atoms with Gasteiger partial charge in [0.25, 0.3) is 5.91 Å². The van der Waals surface area contributed by atoms with E-state index in [0.29, 0.717) is 24.5 Å². The summed E-state index contributed by atoms with van der Waals surface area (Å²) in [6, 6.07) is 22.3. The lowest BCUT2D eigenvalue weighted by Gasteiger charge is -2.36. The summed E-state index contributed by atoms with van der Waals surface area (Å²) in [5, 5.41) is 5.64. The third-order valence-electron chi connectivity index (χ3n) is 5.78. The number of hydrogen-bond donors (Lipinski definition) is 2. The third kappa shape index (κ3) is 5.44. The van der Waals surface area contributed by atoms with Crippen LogP contribution in [-0.4, -0.2) is 50.1 Å². The summed E-state index contributed by atoms with van der Waals surface area (Å²) in [6.45, 7) is 4.86. The second-order valence-electron chi connectivity index (χ2n) is 7.95. The number of aryl methyl sites for hydroxylation is 1. The van der Waals surface area contributed by atoms with Gasteiger partial charge in [-0.15, -0.1) is 0 Å². The summed E-state index contributed by atoms with van der Waals surface area (Å²) in [6.07, 6.45) is 0. The molecule has 1 aliphatic rings. The highest BCUT2D eigenvalue weighted by atomic mass is 16.5. The van der Waals surface area contributed by atoms with Gasteiger partial charge in [0.1, 0.15) is 5.75 Å². The van der Waals surface area contributed by atoms with Gasteiger partial charge in [-0.3, -0.25) is 4.79 Å². The molecule has 1 saturated heterocycles. The normalized spacial score (nSPS) is 13.4. The minimum Gasteiger partial charge on any atom is -0.497 e. The average molecular weight is 445 g/mol. The molecule has 0 saturated carbocycles. The highest BCUT2D eigenvalue weighted by Gasteiger charge is 2.23. The van der Waals surface area contributed by atoms with Crippen LogP contribution in [-0.2, 0) is 0 Å². The van der Waals surface area contributed by atoms with Gasteiger partial charge in [0, 0.05) is 48.8 Å². The number of hydrogen-bond acceptors (Lipinski definition) is 4. The van der Waals surface area contributed by atoms with Crippen molar-refractivity contribution in [3.63, 3.8) is 0 Å². The maximum absolute atomic E-state index is 12.8. The maximum atomic E-state index is 12.8. The van der Waals surface area contributed by atoms with Crippen LogP contribution < -0.4 is 20.3 Å². The van der Waals surface area contributed by atoms with Crippen LogP contribution in [0.1, 0.15) is 15.9 Å². The monoisotopic (exact) mass is 444 g/mol. The van der Waals surface area contributed by atoms with E-state index in [1.165, 1.54) is 0 Å². The lowest BCUT2D eigenvalue weighted by atomic mass is 10.1. The van der Waals surface area contributed by atoms with Gasteiger partial charge in [-0.05, 0) is 67.1 Å². The summed E-state index contributed by atoms with van der Waals surface area (Å²) in [5.41, 5.74) is 4.23. The number of piperazine rings is 1. The van der Waals surface area contributed by atoms with Crippen LogP contribution in [0.5, 0.6) is 5.75 Å². The molecule has 3 aromatic rings. The Morgan fingerprint density at radius 1 is 0.788 bits per heavy atom. The number of ether oxygens (including phenoxy) is 1. The lowest BCUT2D eigenvalue weighted by Crippen LogP contribution is -2.48. The van der Waals surface area contributed by atoms with Gasteiger partial charge in [-0.1, -0.05) is 18.2 Å². The van der Waals surface area contributed by atoms with Crippen LogP contribution in [0.15, 0.2) is 72.8 Å². The summed E-state index contributed by atoms with van der Waals surface area (Å²) in [7, 11) is 1.60. The Kier molecular flexibility index (Phi) is 6.78. The highest BCUT2D eigenvalue weighted by molar-refractivity contribution is 6.00. The van der Waals surface area contributed by atoms with E-state index >= 15 is 0 Å². The Balaban J connectivity index is 1.29. The van der Waals surface area contributed by atoms with E-state index in [1.54, 1.807) is 31.4 Å². The molecule has 0 spiro atoms. The third-order valence-corrected chi connectivity index (χ3v) is 5.78. The number of carbonyl (C=O) groups excluding carboxylic acids is 2. The van der Waals surface area contributed by atoms with E-state index < -0.39 is 0 Å². The fourth-order valence-electron chi connectivity index (χ4n) is 3.87. The van der Waals surface area contributed by atoms with Crippen molar-refractivity contribution >= 4 is 29.0 Å². The Labute approximate surface area is 194 Å². The minimum atomic E-state index is -0.309. The molecule has 1 fully saturated rings. The maximum Gasteiger partial charge on any atom is 0.323 e. The smallest absolute Gasteiger partial charge is 0.323 e. The minimum absolute atomic E-state index is 0.0928. The molecule has 0 radical (unpaired) electrons. The van der Waals surface area contributed by atoms with Gasteiger partial charge in [-0.25, -0.2) is 4.79 Å². The van der Waals surface area contributed by atoms with Gasteiger partial charge >= 0.3 is 6.03 Å². The largest absolute Gasteiger partial charge is 0.497 e. The number of carbonyl (C=O) groups is 2. The molecule has 0 aliphatic carbocycles. The topological polar surface area (TPSA) is 73.9 Å². The number of rotatable bonds is 5. The van der Waals surface area contributed by atoms with Crippen molar-refractivity contribution in [1.82, 2.24) is 4.90 Å². The summed E-state index contributed by atoms with van der Waals surface area (Å²) in [5.74, 6) is 0.826. The van der Waals surface area contributed by atoms with Gasteiger partial charge in [0.15, 0.2) is 0 Å². The zero-order valence-corrected chi connectivity index (χ0v) is 18.9. The molecular weight excluding hydrogens is 416 g/mol. The fourth-order valence-corrected chi connectivity index (χ4v) is 3.87. The number of amides is 3. The molecule has 7 heteroatoms. The number of nitrogens with one attached hydrogen (secondary N) is 2. The van der Waals surface area contributed by atoms with Crippen LogP contribution in [0.3, 0.4) is 0 Å². The van der Waals surface area contributed by atoms with Crippen LogP contribution in [0.4, 0.5) is 21.9 Å². The van der Waals surface area contributed by atoms with Crippen molar-refractivity contribution in [1.29, 1.82) is 0 Å². The first kappa shape index (κ1) is 22.2. The lowest BCUT2D eigenvalue weighted by molar-refractivity contribution is 0.0746. The number of methoxy groups -OCH3 is 1. The van der Waals surface area contributed by atoms with Crippen LogP contribution in [0.2, 0.25) is 0 Å². The molecule has 170 valence electrons. The molecule has 3 aromatic carbocycles. The van der Waals surface area contributed by atoms with E-state index in [-0.39, 0.29) is 11.9 Å². The standard InChI is InChI=1S/C26H28N4O3/c1-19-5-3-4-6-24(19)25(31)30-17-15-29(16-18-30)22-11-7-20(8-12-22)27-26(32)28-21-9-13-23(33-2)14-10-21/h3-14H,15-18H2,1-2H3,(H2,27,28,32). The van der Waals surface area contributed by atoms with Gasteiger partial charge in [0.05, 0.1) is 7.11 Å². The molecule has 7 nitrogen and oxygen atoms in total. The Hall–Kier alpha value is -4.00. The summed E-state index contributed by atoms with van der Waals surface area (Å²) < 4.78 is 5.12. The Morgan fingerprint density at radius 3 is 1.94 bits per heavy atom. The molecule has 1 aliphatic heterocycles. The predicted octanol–water partition coefficient (Wildman–Crippen LogP) is 4.61. The van der Waals surface area contributed by atoms with Crippen LogP contribution >= 0.6 is 0 Å². The van der Waals surface area contributed by atoms with E-state index in [1.807, 2.05) is 60.4 Å². The molecule has 0 atom stereocenters. The van der Waals surface area contributed by atoms with Crippen LogP contribution in [0.25, 0.3) is 0 Å². The zero-order valence-electron chi connectivity index (χ0n) is 18.9. The average Bonchev–Trinajstić information content (AvgIpc) is 2.85. The van der Waals surface area contributed by atoms with Gasteiger partial charge in [0.2, 0.25) is 0 Å². The molecule has 0 bridgehead atoms. The van der Waals surface area contributed by atoms with E-state index in [0.717, 1.165) is 35.7 Å². The number of benzene rings is 3. The zero-order chi connectivity index (χ0) is 23.2. The van der Waals surface area contributed by atoms with Crippen molar-refractivity contribution in [2.24, 2.45) is 0 Å². The Bertz CT molecular complexity index is 1110. The second-order valence-corrected chi connectivity index (χ2v) is 7.95. The molecule has 4 rings (SSSR count). The molecular formula is C26H28N4O3. The van der Waals surface area contributed by atoms with E-state index in [4.69, 9.17) is 4.74 Å². The van der Waals surface area contributed by atoms with E-state index in [2.05, 4.69) is 15.5 Å². The molecule has 1 heterocycles. The van der Waals surface area contributed by atoms with Crippen LogP contribution in [0, 0.1) is 6.92 Å². The summed E-state index contributed by atoms with van der Waals surface area (Å²) >= 11 is 0. The fraction of sp³-hybridized carbons (Fsp3) is 0.231. The second kappa shape index (κ2) is 10.1. The van der Waals surface area contributed by atoms with Gasteiger partial charge in [-0.2, -0.15) is 0 Å². The molecule has 2 N–H and O–H groups in total. The number of urea groups is 1. The first-order chi connectivity index (χ1) is 16.0. The Morgan fingerprint density at radius 2 is 1.36 bits per heavy atom. The molecule has 3 amide bonds. The van der Waals surface area contributed by atoms with Crippen molar-refractivity contribution in [2.75, 3.05) is 48.8 Å². The SMILES string of the molecule is COc1ccc(NC(=O)Nc2ccc(N3CCN(C(=O)c4ccccc4C)CC3)cc2)cc1. The predicted molar refractivity (Wildman–Crippen MR) is 131 cm³/mol. The number of nitrogens with zero attached hydrogens (tertiary/aromatic N) is 2. The van der Waals surface area contributed by atoms with Crippen molar-refractivity contribution in [2.45, 2.75) is 6.92 Å². The van der Waals surface area contributed by atoms with E-state index in [9.17, 15) is 9.59 Å². The first-order valence-electron chi connectivity index (χ1n) is 11.0. The van der Waals surface area contributed by atoms with Crippen molar-refractivity contribution in [3.8, 4) is 5.75 Å². The molecule has 0 unspecified atom stereocenters. The van der Waals surface area contributed by atoms with Crippen molar-refractivity contribution < 1.29 is 14.3 Å². The number of anilines is 3. The molecule has 0 aromatic heterocycles. The quantitative estimate of drug-likeness (QED) is 0.603. The van der Waals surface area contributed by atoms with Crippen molar-refractivity contribution in [3.05, 3.63) is 83.9 Å². The molecule has 33 heavy (non-hydrogen) atoms. The van der Waals surface area contributed by atoms with Gasteiger partial charge < -0.3 is 25.2 Å². The summed E-state index contributed by atoms with van der Waals surface area (Å²) in [4.78, 5) is 29.3. The highest BCUT2D eigenvalue weighted by Crippen LogP contribution is 2.21. The first-order valence-corrected chi connectivity index (χ1v) is 11.0.